The van der Waals surface area contributed by atoms with Gasteiger partial charge in [-0.25, -0.2) is 5.01 Å². The monoisotopic (exact) mass is 416 g/mol. The molecule has 1 aliphatic rings. The Labute approximate surface area is 174 Å². The SMILES string of the molecule is CCOc1cc(C=C2SCN(N(C)C)C2=O)cc(CSc2ccccc2)c1O. The fraction of sp³-hybridized carbons (Fsp3) is 0.286. The van der Waals surface area contributed by atoms with Crippen molar-refractivity contribution in [3.63, 3.8) is 0 Å². The van der Waals surface area contributed by atoms with Crippen LogP contribution in [0.25, 0.3) is 6.08 Å². The summed E-state index contributed by atoms with van der Waals surface area (Å²) in [7, 11) is 3.71. The topological polar surface area (TPSA) is 53.0 Å². The van der Waals surface area contributed by atoms with Gasteiger partial charge >= 0.3 is 0 Å². The van der Waals surface area contributed by atoms with Gasteiger partial charge in [-0.2, -0.15) is 0 Å². The van der Waals surface area contributed by atoms with Gasteiger partial charge in [-0.1, -0.05) is 30.0 Å². The van der Waals surface area contributed by atoms with Gasteiger partial charge in [0, 0.05) is 30.3 Å². The van der Waals surface area contributed by atoms with Crippen molar-refractivity contribution in [2.45, 2.75) is 17.6 Å². The van der Waals surface area contributed by atoms with E-state index in [1.807, 2.05) is 63.5 Å². The van der Waals surface area contributed by atoms with E-state index < -0.39 is 0 Å². The molecule has 1 heterocycles. The fourth-order valence-corrected chi connectivity index (χ4v) is 4.71. The predicted molar refractivity (Wildman–Crippen MR) is 116 cm³/mol. The van der Waals surface area contributed by atoms with Gasteiger partial charge in [0.05, 0.1) is 17.4 Å². The van der Waals surface area contributed by atoms with Crippen LogP contribution in [-0.4, -0.2) is 47.6 Å². The highest BCUT2D eigenvalue weighted by molar-refractivity contribution is 8.04. The summed E-state index contributed by atoms with van der Waals surface area (Å²) in [5.41, 5.74) is 1.63. The van der Waals surface area contributed by atoms with Crippen molar-refractivity contribution in [2.75, 3.05) is 26.6 Å². The third-order valence-electron chi connectivity index (χ3n) is 4.18. The highest BCUT2D eigenvalue weighted by atomic mass is 32.2. The Bertz CT molecular complexity index is 869. The van der Waals surface area contributed by atoms with Gasteiger partial charge in [0.1, 0.15) is 0 Å². The highest BCUT2D eigenvalue weighted by Crippen LogP contribution is 2.38. The summed E-state index contributed by atoms with van der Waals surface area (Å²) in [5.74, 6) is 1.80. The standard InChI is InChI=1S/C21H24N2O3S2/c1-4-26-18-11-15(12-19-21(25)23(14-28-19)22(2)3)10-16(20(18)24)13-27-17-8-6-5-7-9-17/h5-12,24H,4,13-14H2,1-3H3. The van der Waals surface area contributed by atoms with Crippen LogP contribution >= 0.6 is 23.5 Å². The summed E-state index contributed by atoms with van der Waals surface area (Å²) < 4.78 is 5.62. The summed E-state index contributed by atoms with van der Waals surface area (Å²) in [6.45, 7) is 2.34. The summed E-state index contributed by atoms with van der Waals surface area (Å²) in [5, 5.41) is 14.1. The maximum atomic E-state index is 12.5. The number of benzene rings is 2. The zero-order valence-corrected chi connectivity index (χ0v) is 17.8. The van der Waals surface area contributed by atoms with Gasteiger partial charge < -0.3 is 9.84 Å². The third-order valence-corrected chi connectivity index (χ3v) is 6.22. The normalized spacial score (nSPS) is 15.6. The van der Waals surface area contributed by atoms with Gasteiger partial charge in [0.15, 0.2) is 11.5 Å². The molecule has 2 aromatic carbocycles. The second-order valence-electron chi connectivity index (χ2n) is 6.40. The summed E-state index contributed by atoms with van der Waals surface area (Å²) in [6.07, 6.45) is 1.87. The molecule has 0 unspecified atom stereocenters. The number of hydrogen-bond donors (Lipinski definition) is 1. The van der Waals surface area contributed by atoms with Crippen LogP contribution in [-0.2, 0) is 10.5 Å². The number of thioether (sulfide) groups is 2. The Morgan fingerprint density at radius 2 is 2.04 bits per heavy atom. The maximum absolute atomic E-state index is 12.5. The average Bonchev–Trinajstić information content (AvgIpc) is 3.04. The van der Waals surface area contributed by atoms with E-state index in [9.17, 15) is 9.90 Å². The molecule has 1 amide bonds. The number of aromatic hydroxyl groups is 1. The first kappa shape index (κ1) is 20.6. The second kappa shape index (κ2) is 9.41. The number of hydrazine groups is 1. The van der Waals surface area contributed by atoms with Crippen molar-refractivity contribution in [3.8, 4) is 11.5 Å². The smallest absolute Gasteiger partial charge is 0.275 e. The first-order valence-electron chi connectivity index (χ1n) is 8.99. The van der Waals surface area contributed by atoms with Gasteiger partial charge in [0.2, 0.25) is 0 Å². The predicted octanol–water partition coefficient (Wildman–Crippen LogP) is 4.43. The maximum Gasteiger partial charge on any atom is 0.275 e. The molecular weight excluding hydrogens is 392 g/mol. The number of rotatable bonds is 7. The molecule has 1 aliphatic heterocycles. The Balaban J connectivity index is 1.88. The molecule has 1 saturated heterocycles. The van der Waals surface area contributed by atoms with E-state index >= 15 is 0 Å². The quantitative estimate of drug-likeness (QED) is 0.532. The fourth-order valence-electron chi connectivity index (χ4n) is 2.76. The minimum Gasteiger partial charge on any atom is -0.504 e. The summed E-state index contributed by atoms with van der Waals surface area (Å²) in [6, 6.07) is 13.8. The van der Waals surface area contributed by atoms with Crippen LogP contribution in [0.15, 0.2) is 52.3 Å². The molecule has 148 valence electrons. The minimum atomic E-state index is -0.0127. The van der Waals surface area contributed by atoms with Crippen LogP contribution in [0.3, 0.4) is 0 Å². The number of nitrogens with zero attached hydrogens (tertiary/aromatic N) is 2. The highest BCUT2D eigenvalue weighted by Gasteiger charge is 2.28. The number of phenols is 1. The van der Waals surface area contributed by atoms with E-state index in [0.717, 1.165) is 16.0 Å². The molecule has 1 N–H and O–H groups in total. The van der Waals surface area contributed by atoms with E-state index in [4.69, 9.17) is 4.74 Å². The first-order valence-corrected chi connectivity index (χ1v) is 11.0. The van der Waals surface area contributed by atoms with Crippen molar-refractivity contribution in [3.05, 3.63) is 58.5 Å². The van der Waals surface area contributed by atoms with E-state index in [0.29, 0.717) is 28.9 Å². The number of amides is 1. The average molecular weight is 417 g/mol. The lowest BCUT2D eigenvalue weighted by molar-refractivity contribution is -0.136. The minimum absolute atomic E-state index is 0.0127. The van der Waals surface area contributed by atoms with Crippen LogP contribution in [0, 0.1) is 0 Å². The Kier molecular flexibility index (Phi) is 6.93. The van der Waals surface area contributed by atoms with E-state index in [1.54, 1.807) is 27.8 Å². The molecule has 7 heteroatoms. The molecule has 1 fully saturated rings. The molecule has 0 spiro atoms. The van der Waals surface area contributed by atoms with Crippen molar-refractivity contribution in [2.24, 2.45) is 0 Å². The van der Waals surface area contributed by atoms with E-state index in [-0.39, 0.29) is 11.7 Å². The van der Waals surface area contributed by atoms with Crippen LogP contribution in [0.4, 0.5) is 0 Å². The molecule has 3 rings (SSSR count). The molecule has 5 nitrogen and oxygen atoms in total. The van der Waals surface area contributed by atoms with Crippen molar-refractivity contribution in [1.82, 2.24) is 10.0 Å². The molecule has 0 atom stereocenters. The largest absolute Gasteiger partial charge is 0.504 e. The zero-order valence-electron chi connectivity index (χ0n) is 16.2. The van der Waals surface area contributed by atoms with Gasteiger partial charge in [0.25, 0.3) is 5.91 Å². The van der Waals surface area contributed by atoms with Crippen LogP contribution in [0.5, 0.6) is 11.5 Å². The molecule has 2 aromatic rings. The molecule has 0 radical (unpaired) electrons. The number of phenolic OH excluding ortho intramolecular Hbond substituents is 1. The molecular formula is C21H24N2O3S2. The number of carbonyl (C=O) groups is 1. The van der Waals surface area contributed by atoms with Gasteiger partial charge in [-0.05, 0) is 42.8 Å². The Hall–Kier alpha value is -2.09. The lowest BCUT2D eigenvalue weighted by atomic mass is 10.1. The van der Waals surface area contributed by atoms with Crippen LogP contribution < -0.4 is 4.74 Å². The summed E-state index contributed by atoms with van der Waals surface area (Å²) >= 11 is 3.16. The van der Waals surface area contributed by atoms with Crippen molar-refractivity contribution in [1.29, 1.82) is 0 Å². The number of carbonyl (C=O) groups excluding carboxylic acids is 1. The molecule has 28 heavy (non-hydrogen) atoms. The third kappa shape index (κ3) is 4.84. The Morgan fingerprint density at radius 1 is 1.29 bits per heavy atom. The number of hydrogen-bond acceptors (Lipinski definition) is 6. The molecule has 0 aliphatic carbocycles. The van der Waals surface area contributed by atoms with E-state index in [2.05, 4.69) is 0 Å². The van der Waals surface area contributed by atoms with Crippen molar-refractivity contribution < 1.29 is 14.6 Å². The van der Waals surface area contributed by atoms with Gasteiger partial charge in [-0.3, -0.25) is 9.80 Å². The molecule has 0 bridgehead atoms. The van der Waals surface area contributed by atoms with Crippen molar-refractivity contribution >= 4 is 35.5 Å². The van der Waals surface area contributed by atoms with E-state index in [1.165, 1.54) is 11.8 Å². The first-order chi connectivity index (χ1) is 13.5. The lowest BCUT2D eigenvalue weighted by Crippen LogP contribution is -2.37. The van der Waals surface area contributed by atoms with Gasteiger partial charge in [-0.15, -0.1) is 11.8 Å². The lowest BCUT2D eigenvalue weighted by Gasteiger charge is -2.21. The van der Waals surface area contributed by atoms with Crippen LogP contribution in [0.1, 0.15) is 18.1 Å². The number of ether oxygens (including phenoxy) is 1. The second-order valence-corrected chi connectivity index (χ2v) is 8.43. The molecule has 0 aromatic heterocycles. The molecule has 0 saturated carbocycles. The Morgan fingerprint density at radius 3 is 2.68 bits per heavy atom. The zero-order chi connectivity index (χ0) is 20.1. The van der Waals surface area contributed by atoms with Crippen LogP contribution in [0.2, 0.25) is 0 Å². The summed E-state index contributed by atoms with van der Waals surface area (Å²) in [4.78, 5) is 14.4.